The van der Waals surface area contributed by atoms with E-state index in [1.54, 1.807) is 14.1 Å². The normalized spacial score (nSPS) is 20.5. The number of nitrogens with one attached hydrogen (secondary N) is 1. The highest BCUT2D eigenvalue weighted by molar-refractivity contribution is 5.86. The minimum absolute atomic E-state index is 0.0898. The van der Waals surface area contributed by atoms with Crippen molar-refractivity contribution in [1.29, 1.82) is 0 Å². The largest absolute Gasteiger partial charge is 0.444 e. The molecule has 0 unspecified atom stereocenters. The average molecular weight is 257 g/mol. The standard InChI is InChI=1S/C12H23N3O3/c1-12(2,3)18-11(17)15-7-6-13-8-9(15)10(16)14(4)5/h9,13H,6-8H2,1-5H3/t9-/m0/s1. The molecule has 1 heterocycles. The highest BCUT2D eigenvalue weighted by Gasteiger charge is 2.35. The maximum atomic E-state index is 12.1. The Hall–Kier alpha value is -1.30. The van der Waals surface area contributed by atoms with Gasteiger partial charge in [0.15, 0.2) is 0 Å². The molecule has 6 heteroatoms. The van der Waals surface area contributed by atoms with E-state index in [1.165, 1.54) is 9.80 Å². The predicted molar refractivity (Wildman–Crippen MR) is 68.3 cm³/mol. The molecule has 1 fully saturated rings. The molecule has 1 N–H and O–H groups in total. The van der Waals surface area contributed by atoms with Gasteiger partial charge in [-0.2, -0.15) is 0 Å². The Morgan fingerprint density at radius 1 is 1.33 bits per heavy atom. The molecule has 1 saturated heterocycles. The second-order valence-corrected chi connectivity index (χ2v) is 5.63. The van der Waals surface area contributed by atoms with E-state index in [4.69, 9.17) is 4.74 Å². The summed E-state index contributed by atoms with van der Waals surface area (Å²) in [7, 11) is 3.37. The molecule has 0 aliphatic carbocycles. The Balaban J connectivity index is 2.76. The molecular weight excluding hydrogens is 234 g/mol. The maximum Gasteiger partial charge on any atom is 0.411 e. The van der Waals surface area contributed by atoms with Crippen molar-refractivity contribution in [2.75, 3.05) is 33.7 Å². The molecule has 104 valence electrons. The number of carbonyl (C=O) groups excluding carboxylic acids is 2. The minimum Gasteiger partial charge on any atom is -0.444 e. The van der Waals surface area contributed by atoms with Crippen molar-refractivity contribution in [2.45, 2.75) is 32.4 Å². The van der Waals surface area contributed by atoms with Gasteiger partial charge in [-0.05, 0) is 20.8 Å². The van der Waals surface area contributed by atoms with Crippen LogP contribution in [-0.4, -0.2) is 67.2 Å². The van der Waals surface area contributed by atoms with Gasteiger partial charge in [-0.15, -0.1) is 0 Å². The lowest BCUT2D eigenvalue weighted by molar-refractivity contribution is -0.134. The summed E-state index contributed by atoms with van der Waals surface area (Å²) in [5.74, 6) is -0.0898. The first-order valence-corrected chi connectivity index (χ1v) is 6.14. The molecule has 0 aromatic heterocycles. The lowest BCUT2D eigenvalue weighted by Gasteiger charge is -2.37. The fraction of sp³-hybridized carbons (Fsp3) is 0.833. The molecule has 18 heavy (non-hydrogen) atoms. The topological polar surface area (TPSA) is 61.9 Å². The monoisotopic (exact) mass is 257 g/mol. The Morgan fingerprint density at radius 2 is 1.94 bits per heavy atom. The third-order valence-corrected chi connectivity index (χ3v) is 2.60. The smallest absolute Gasteiger partial charge is 0.411 e. The van der Waals surface area contributed by atoms with Crippen LogP contribution >= 0.6 is 0 Å². The van der Waals surface area contributed by atoms with Gasteiger partial charge in [-0.1, -0.05) is 0 Å². The third kappa shape index (κ3) is 3.87. The van der Waals surface area contributed by atoms with E-state index in [2.05, 4.69) is 5.32 Å². The van der Waals surface area contributed by atoms with Crippen LogP contribution in [0.5, 0.6) is 0 Å². The average Bonchev–Trinajstić information content (AvgIpc) is 2.25. The summed E-state index contributed by atoms with van der Waals surface area (Å²) < 4.78 is 5.33. The van der Waals surface area contributed by atoms with Crippen LogP contribution in [0.2, 0.25) is 0 Å². The molecule has 1 atom stereocenters. The minimum atomic E-state index is -0.548. The number of hydrogen-bond acceptors (Lipinski definition) is 4. The number of piperazine rings is 1. The third-order valence-electron chi connectivity index (χ3n) is 2.60. The highest BCUT2D eigenvalue weighted by Crippen LogP contribution is 2.14. The van der Waals surface area contributed by atoms with Crippen molar-refractivity contribution in [3.05, 3.63) is 0 Å². The molecule has 0 spiro atoms. The van der Waals surface area contributed by atoms with E-state index in [1.807, 2.05) is 20.8 Å². The van der Waals surface area contributed by atoms with Gasteiger partial charge in [0, 0.05) is 33.7 Å². The first-order valence-electron chi connectivity index (χ1n) is 6.14. The number of amides is 2. The van der Waals surface area contributed by atoms with Crippen molar-refractivity contribution in [3.8, 4) is 0 Å². The summed E-state index contributed by atoms with van der Waals surface area (Å²) >= 11 is 0. The van der Waals surface area contributed by atoms with Crippen LogP contribution in [0.1, 0.15) is 20.8 Å². The lowest BCUT2D eigenvalue weighted by atomic mass is 10.1. The molecule has 0 saturated carbocycles. The van der Waals surface area contributed by atoms with E-state index in [0.29, 0.717) is 19.6 Å². The first-order chi connectivity index (χ1) is 8.22. The second-order valence-electron chi connectivity index (χ2n) is 5.63. The second kappa shape index (κ2) is 5.56. The summed E-state index contributed by atoms with van der Waals surface area (Å²) in [6.07, 6.45) is -0.427. The summed E-state index contributed by atoms with van der Waals surface area (Å²) in [6, 6.07) is -0.483. The van der Waals surface area contributed by atoms with Crippen LogP contribution in [0, 0.1) is 0 Å². The zero-order valence-electron chi connectivity index (χ0n) is 11.8. The van der Waals surface area contributed by atoms with Crippen molar-refractivity contribution >= 4 is 12.0 Å². The number of likely N-dealkylation sites (N-methyl/N-ethyl adjacent to an activating group) is 1. The Labute approximate surface area is 108 Å². The lowest BCUT2D eigenvalue weighted by Crippen LogP contribution is -2.60. The Morgan fingerprint density at radius 3 is 2.44 bits per heavy atom. The molecule has 6 nitrogen and oxygen atoms in total. The van der Waals surface area contributed by atoms with E-state index in [-0.39, 0.29) is 5.91 Å². The number of nitrogens with zero attached hydrogens (tertiary/aromatic N) is 2. The quantitative estimate of drug-likeness (QED) is 0.733. The van der Waals surface area contributed by atoms with E-state index in [9.17, 15) is 9.59 Å². The van der Waals surface area contributed by atoms with Crippen molar-refractivity contribution in [1.82, 2.24) is 15.1 Å². The van der Waals surface area contributed by atoms with Crippen LogP contribution in [0.25, 0.3) is 0 Å². The van der Waals surface area contributed by atoms with Crippen molar-refractivity contribution in [2.24, 2.45) is 0 Å². The van der Waals surface area contributed by atoms with Gasteiger partial charge in [0.2, 0.25) is 5.91 Å². The van der Waals surface area contributed by atoms with Crippen molar-refractivity contribution in [3.63, 3.8) is 0 Å². The van der Waals surface area contributed by atoms with Crippen LogP contribution in [0.3, 0.4) is 0 Å². The molecule has 2 amide bonds. The van der Waals surface area contributed by atoms with Gasteiger partial charge in [0.25, 0.3) is 0 Å². The van der Waals surface area contributed by atoms with Gasteiger partial charge in [-0.3, -0.25) is 9.69 Å². The van der Waals surface area contributed by atoms with Crippen LogP contribution < -0.4 is 5.32 Å². The molecular formula is C12H23N3O3. The van der Waals surface area contributed by atoms with Crippen LogP contribution in [0.15, 0.2) is 0 Å². The molecule has 1 rings (SSSR count). The zero-order chi connectivity index (χ0) is 13.9. The molecule has 0 radical (unpaired) electrons. The Bertz CT molecular complexity index is 323. The summed E-state index contributed by atoms with van der Waals surface area (Å²) in [5, 5.41) is 3.12. The maximum absolute atomic E-state index is 12.1. The SMILES string of the molecule is CN(C)C(=O)[C@@H]1CNCCN1C(=O)OC(C)(C)C. The number of hydrogen-bond donors (Lipinski definition) is 1. The first kappa shape index (κ1) is 14.8. The summed E-state index contributed by atoms with van der Waals surface area (Å²) in [6.45, 7) is 7.08. The summed E-state index contributed by atoms with van der Waals surface area (Å²) in [5.41, 5.74) is -0.548. The van der Waals surface area contributed by atoms with E-state index in [0.717, 1.165) is 0 Å². The van der Waals surface area contributed by atoms with Crippen LogP contribution in [0.4, 0.5) is 4.79 Å². The Kier molecular flexibility index (Phi) is 4.56. The van der Waals surface area contributed by atoms with Gasteiger partial charge < -0.3 is 15.0 Å². The molecule has 1 aliphatic rings. The van der Waals surface area contributed by atoms with Gasteiger partial charge >= 0.3 is 6.09 Å². The van der Waals surface area contributed by atoms with Crippen LogP contribution in [-0.2, 0) is 9.53 Å². The van der Waals surface area contributed by atoms with Gasteiger partial charge in [0.05, 0.1) is 0 Å². The highest BCUT2D eigenvalue weighted by atomic mass is 16.6. The molecule has 0 aromatic carbocycles. The van der Waals surface area contributed by atoms with Gasteiger partial charge in [-0.25, -0.2) is 4.79 Å². The predicted octanol–water partition coefficient (Wildman–Crippen LogP) is 0.284. The number of ether oxygens (including phenoxy) is 1. The molecule has 1 aliphatic heterocycles. The number of carbonyl (C=O) groups is 2. The molecule has 0 bridgehead atoms. The number of rotatable bonds is 1. The zero-order valence-corrected chi connectivity index (χ0v) is 11.8. The fourth-order valence-corrected chi connectivity index (χ4v) is 1.76. The molecule has 0 aromatic rings. The van der Waals surface area contributed by atoms with Crippen molar-refractivity contribution < 1.29 is 14.3 Å². The van der Waals surface area contributed by atoms with E-state index < -0.39 is 17.7 Å². The summed E-state index contributed by atoms with van der Waals surface area (Å²) in [4.78, 5) is 27.1. The van der Waals surface area contributed by atoms with E-state index >= 15 is 0 Å². The fourth-order valence-electron chi connectivity index (χ4n) is 1.76. The van der Waals surface area contributed by atoms with Gasteiger partial charge in [0.1, 0.15) is 11.6 Å².